The van der Waals surface area contributed by atoms with Crippen LogP contribution in [-0.4, -0.2) is 18.5 Å². The van der Waals surface area contributed by atoms with E-state index in [0.29, 0.717) is 12.0 Å². The number of halogens is 2. The van der Waals surface area contributed by atoms with Gasteiger partial charge in [0.2, 0.25) is 0 Å². The van der Waals surface area contributed by atoms with E-state index in [4.69, 9.17) is 5.73 Å². The van der Waals surface area contributed by atoms with E-state index in [1.165, 1.54) is 33.4 Å². The summed E-state index contributed by atoms with van der Waals surface area (Å²) < 4.78 is 1.33. The first-order valence-corrected chi connectivity index (χ1v) is 7.94. The number of nitrogens with zero attached hydrogens (tertiary/aromatic N) is 1. The van der Waals surface area contributed by atoms with Gasteiger partial charge in [0.1, 0.15) is 0 Å². The van der Waals surface area contributed by atoms with E-state index in [1.54, 1.807) is 0 Å². The Balaban J connectivity index is 0.00000162. The summed E-state index contributed by atoms with van der Waals surface area (Å²) in [5.74, 6) is 0.614. The minimum absolute atomic E-state index is 0. The van der Waals surface area contributed by atoms with E-state index in [1.807, 2.05) is 11.3 Å². The average molecular weight is 491 g/mol. The van der Waals surface area contributed by atoms with Gasteiger partial charge in [-0.1, -0.05) is 12.8 Å². The minimum atomic E-state index is 0. The zero-order valence-electron chi connectivity index (χ0n) is 10.2. The summed E-state index contributed by atoms with van der Waals surface area (Å²) in [5.41, 5.74) is 5.86. The number of aliphatic imine (C=N–C) groups is 1. The zero-order valence-corrected chi connectivity index (χ0v) is 15.5. The second kappa shape index (κ2) is 8.57. The molecular formula is C12H19I2N3S. The van der Waals surface area contributed by atoms with Crippen LogP contribution in [0.5, 0.6) is 0 Å². The smallest absolute Gasteiger partial charge is 0.188 e. The fraction of sp³-hybridized carbons (Fsp3) is 0.583. The highest BCUT2D eigenvalue weighted by atomic mass is 127. The molecule has 0 unspecified atom stereocenters. The number of rotatable bonds is 4. The second-order valence-electron chi connectivity index (χ2n) is 4.35. The van der Waals surface area contributed by atoms with E-state index in [0.717, 1.165) is 13.0 Å². The van der Waals surface area contributed by atoms with Crippen molar-refractivity contribution >= 4 is 63.9 Å². The molecule has 1 saturated carbocycles. The van der Waals surface area contributed by atoms with Crippen LogP contribution in [0, 0.1) is 2.88 Å². The molecule has 0 spiro atoms. The second-order valence-corrected chi connectivity index (χ2v) is 7.41. The molecule has 1 aromatic heterocycles. The lowest BCUT2D eigenvalue weighted by atomic mass is 10.2. The third-order valence-corrected chi connectivity index (χ3v) is 4.93. The number of guanidine groups is 1. The Morgan fingerprint density at radius 3 is 2.78 bits per heavy atom. The molecule has 18 heavy (non-hydrogen) atoms. The average Bonchev–Trinajstić information content (AvgIpc) is 2.90. The molecule has 0 radical (unpaired) electrons. The van der Waals surface area contributed by atoms with Gasteiger partial charge in [-0.15, -0.1) is 35.3 Å². The topological polar surface area (TPSA) is 50.4 Å². The van der Waals surface area contributed by atoms with Gasteiger partial charge in [0.15, 0.2) is 5.96 Å². The molecule has 1 aliphatic carbocycles. The van der Waals surface area contributed by atoms with Crippen molar-refractivity contribution in [3.05, 3.63) is 19.9 Å². The Hall–Kier alpha value is 0.430. The van der Waals surface area contributed by atoms with Gasteiger partial charge in [0.05, 0.1) is 2.88 Å². The molecule has 1 fully saturated rings. The highest BCUT2D eigenvalue weighted by Crippen LogP contribution is 2.19. The molecular weight excluding hydrogens is 472 g/mol. The molecule has 1 aromatic rings. The van der Waals surface area contributed by atoms with Crippen molar-refractivity contribution in [1.29, 1.82) is 0 Å². The number of thiophene rings is 1. The van der Waals surface area contributed by atoms with Crippen LogP contribution in [0.4, 0.5) is 0 Å². The highest BCUT2D eigenvalue weighted by Gasteiger charge is 2.14. The van der Waals surface area contributed by atoms with E-state index in [2.05, 4.69) is 45.0 Å². The molecule has 6 heteroatoms. The lowest BCUT2D eigenvalue weighted by Crippen LogP contribution is -2.38. The first-order valence-electron chi connectivity index (χ1n) is 6.05. The first-order chi connectivity index (χ1) is 8.24. The summed E-state index contributed by atoms with van der Waals surface area (Å²) in [6, 6.07) is 4.87. The largest absolute Gasteiger partial charge is 0.370 e. The zero-order chi connectivity index (χ0) is 12.1. The fourth-order valence-corrected chi connectivity index (χ4v) is 3.84. The molecule has 1 heterocycles. The van der Waals surface area contributed by atoms with E-state index in [-0.39, 0.29) is 24.0 Å². The van der Waals surface area contributed by atoms with Gasteiger partial charge in [-0.25, -0.2) is 0 Å². The van der Waals surface area contributed by atoms with Crippen LogP contribution < -0.4 is 11.1 Å². The molecule has 1 aliphatic rings. The van der Waals surface area contributed by atoms with Crippen LogP contribution in [0.1, 0.15) is 30.6 Å². The predicted molar refractivity (Wildman–Crippen MR) is 98.0 cm³/mol. The van der Waals surface area contributed by atoms with Gasteiger partial charge < -0.3 is 11.1 Å². The fourth-order valence-electron chi connectivity index (χ4n) is 2.10. The van der Waals surface area contributed by atoms with Crippen molar-refractivity contribution in [1.82, 2.24) is 5.32 Å². The summed E-state index contributed by atoms with van der Waals surface area (Å²) in [5, 5.41) is 3.30. The van der Waals surface area contributed by atoms with Crippen molar-refractivity contribution < 1.29 is 0 Å². The summed E-state index contributed by atoms with van der Waals surface area (Å²) in [4.78, 5) is 5.76. The van der Waals surface area contributed by atoms with Gasteiger partial charge in [-0.05, 0) is 47.6 Å². The SMILES string of the molecule is I.NC(=NCCc1ccc(I)s1)NC1CCCC1. The minimum Gasteiger partial charge on any atom is -0.370 e. The first kappa shape index (κ1) is 16.5. The molecule has 0 bridgehead atoms. The Labute approximate surface area is 143 Å². The summed E-state index contributed by atoms with van der Waals surface area (Å²) in [7, 11) is 0. The lowest BCUT2D eigenvalue weighted by Gasteiger charge is -2.11. The molecule has 102 valence electrons. The van der Waals surface area contributed by atoms with Gasteiger partial charge >= 0.3 is 0 Å². The predicted octanol–water partition coefficient (Wildman–Crippen LogP) is 3.36. The van der Waals surface area contributed by atoms with Crippen molar-refractivity contribution in [3.63, 3.8) is 0 Å². The Kier molecular flexibility index (Phi) is 7.85. The Morgan fingerprint density at radius 1 is 1.44 bits per heavy atom. The van der Waals surface area contributed by atoms with E-state index < -0.39 is 0 Å². The van der Waals surface area contributed by atoms with Crippen molar-refractivity contribution in [2.45, 2.75) is 38.1 Å². The Morgan fingerprint density at radius 2 is 2.17 bits per heavy atom. The van der Waals surface area contributed by atoms with Gasteiger partial charge in [0.25, 0.3) is 0 Å². The van der Waals surface area contributed by atoms with Gasteiger partial charge in [-0.2, -0.15) is 0 Å². The maximum atomic E-state index is 5.86. The highest BCUT2D eigenvalue weighted by molar-refractivity contribution is 14.1. The van der Waals surface area contributed by atoms with Gasteiger partial charge in [0, 0.05) is 23.9 Å². The van der Waals surface area contributed by atoms with Crippen molar-refractivity contribution in [3.8, 4) is 0 Å². The Bertz CT molecular complexity index is 386. The molecule has 0 aromatic carbocycles. The number of hydrogen-bond donors (Lipinski definition) is 2. The maximum absolute atomic E-state index is 5.86. The molecule has 0 aliphatic heterocycles. The lowest BCUT2D eigenvalue weighted by molar-refractivity contribution is 0.625. The molecule has 3 nitrogen and oxygen atoms in total. The van der Waals surface area contributed by atoms with Crippen LogP contribution in [0.2, 0.25) is 0 Å². The molecule has 0 saturated heterocycles. The molecule has 2 rings (SSSR count). The van der Waals surface area contributed by atoms with E-state index in [9.17, 15) is 0 Å². The number of nitrogens with two attached hydrogens (primary N) is 1. The number of nitrogens with one attached hydrogen (secondary N) is 1. The summed E-state index contributed by atoms with van der Waals surface area (Å²) >= 11 is 4.17. The summed E-state index contributed by atoms with van der Waals surface area (Å²) in [6.45, 7) is 0.780. The molecule has 0 atom stereocenters. The number of hydrogen-bond acceptors (Lipinski definition) is 2. The van der Waals surface area contributed by atoms with Crippen LogP contribution in [-0.2, 0) is 6.42 Å². The van der Waals surface area contributed by atoms with Crippen LogP contribution in [0.3, 0.4) is 0 Å². The normalized spacial score (nSPS) is 16.6. The maximum Gasteiger partial charge on any atom is 0.188 e. The quantitative estimate of drug-likeness (QED) is 0.386. The van der Waals surface area contributed by atoms with Crippen LogP contribution >= 0.6 is 57.9 Å². The summed E-state index contributed by atoms with van der Waals surface area (Å²) in [6.07, 6.45) is 6.09. The monoisotopic (exact) mass is 491 g/mol. The third kappa shape index (κ3) is 5.60. The standard InChI is InChI=1S/C12H18IN3S.HI/c13-11-6-5-10(17-11)7-8-15-12(14)16-9-3-1-2-4-9;/h5-6,9H,1-4,7-8H2,(H3,14,15,16);1H. The van der Waals surface area contributed by atoms with E-state index >= 15 is 0 Å². The van der Waals surface area contributed by atoms with Gasteiger partial charge in [-0.3, -0.25) is 4.99 Å². The van der Waals surface area contributed by atoms with Crippen LogP contribution in [0.15, 0.2) is 17.1 Å². The van der Waals surface area contributed by atoms with Crippen LogP contribution in [0.25, 0.3) is 0 Å². The molecule has 0 amide bonds. The van der Waals surface area contributed by atoms with Crippen molar-refractivity contribution in [2.24, 2.45) is 10.7 Å². The molecule has 3 N–H and O–H groups in total. The third-order valence-electron chi connectivity index (χ3n) is 2.98. The van der Waals surface area contributed by atoms with Crippen molar-refractivity contribution in [2.75, 3.05) is 6.54 Å².